The van der Waals surface area contributed by atoms with E-state index in [0.717, 1.165) is 6.42 Å². The number of aromatic nitrogens is 1. The molecule has 2 unspecified atom stereocenters. The summed E-state index contributed by atoms with van der Waals surface area (Å²) in [6.45, 7) is 2.03. The third kappa shape index (κ3) is 2.57. The zero-order valence-electron chi connectivity index (χ0n) is 8.77. The van der Waals surface area contributed by atoms with Gasteiger partial charge in [-0.3, -0.25) is 9.59 Å². The molecule has 0 aliphatic heterocycles. The predicted molar refractivity (Wildman–Crippen MR) is 59.4 cm³/mol. The number of thiazole rings is 1. The average Bonchev–Trinajstić information content (AvgIpc) is 2.76. The van der Waals surface area contributed by atoms with E-state index in [-0.39, 0.29) is 18.2 Å². The van der Waals surface area contributed by atoms with Gasteiger partial charge in [-0.2, -0.15) is 0 Å². The molecule has 1 aliphatic rings. The van der Waals surface area contributed by atoms with Gasteiger partial charge in [0.15, 0.2) is 5.13 Å². The highest BCUT2D eigenvalue weighted by molar-refractivity contribution is 7.13. The van der Waals surface area contributed by atoms with Crippen LogP contribution in [-0.2, 0) is 16.0 Å². The second kappa shape index (κ2) is 4.21. The first kappa shape index (κ1) is 11.1. The fourth-order valence-electron chi connectivity index (χ4n) is 1.49. The summed E-state index contributed by atoms with van der Waals surface area (Å²) in [6.07, 6.45) is 0.825. The number of rotatable bonds is 4. The van der Waals surface area contributed by atoms with E-state index in [4.69, 9.17) is 5.11 Å². The number of hydrogen-bond donors (Lipinski definition) is 2. The smallest absolute Gasteiger partial charge is 0.309 e. The van der Waals surface area contributed by atoms with Crippen molar-refractivity contribution in [3.8, 4) is 0 Å². The van der Waals surface area contributed by atoms with E-state index in [1.54, 1.807) is 5.38 Å². The minimum Gasteiger partial charge on any atom is -0.481 e. The Morgan fingerprint density at radius 2 is 2.38 bits per heavy atom. The van der Waals surface area contributed by atoms with Crippen LogP contribution in [0.3, 0.4) is 0 Å². The Balaban J connectivity index is 1.92. The molecule has 0 spiro atoms. The summed E-state index contributed by atoms with van der Waals surface area (Å²) in [7, 11) is 0. The summed E-state index contributed by atoms with van der Waals surface area (Å²) in [4.78, 5) is 26.0. The number of carboxylic acids is 1. The summed E-state index contributed by atoms with van der Waals surface area (Å²) in [5.74, 6) is -0.368. The van der Waals surface area contributed by atoms with Gasteiger partial charge < -0.3 is 10.4 Å². The molecular formula is C10H12N2O3S. The van der Waals surface area contributed by atoms with Gasteiger partial charge in [0.1, 0.15) is 0 Å². The van der Waals surface area contributed by atoms with Crippen LogP contribution < -0.4 is 5.32 Å². The van der Waals surface area contributed by atoms with E-state index in [0.29, 0.717) is 16.7 Å². The number of aliphatic carboxylic acids is 1. The number of nitrogens with one attached hydrogen (secondary N) is 1. The van der Waals surface area contributed by atoms with Gasteiger partial charge in [-0.1, -0.05) is 6.92 Å². The topological polar surface area (TPSA) is 79.3 Å². The summed E-state index contributed by atoms with van der Waals surface area (Å²) >= 11 is 1.26. The number of anilines is 1. The lowest BCUT2D eigenvalue weighted by Crippen LogP contribution is -2.14. The van der Waals surface area contributed by atoms with Crippen molar-refractivity contribution in [2.45, 2.75) is 19.8 Å². The molecule has 2 atom stereocenters. The minimum atomic E-state index is -0.918. The van der Waals surface area contributed by atoms with E-state index in [1.165, 1.54) is 11.3 Å². The van der Waals surface area contributed by atoms with Crippen LogP contribution >= 0.6 is 11.3 Å². The first-order valence-corrected chi connectivity index (χ1v) is 5.91. The molecule has 1 amide bonds. The average molecular weight is 240 g/mol. The lowest BCUT2D eigenvalue weighted by atomic mass is 10.3. The Morgan fingerprint density at radius 1 is 1.69 bits per heavy atom. The standard InChI is InChI=1S/C10H12N2O3S/c1-5-2-7(5)9(15)12-10-11-6(4-16-10)3-8(13)14/h4-5,7H,2-3H2,1H3,(H,13,14)(H,11,12,15). The van der Waals surface area contributed by atoms with Gasteiger partial charge in [-0.25, -0.2) is 4.98 Å². The highest BCUT2D eigenvalue weighted by Crippen LogP contribution is 2.38. The summed E-state index contributed by atoms with van der Waals surface area (Å²) < 4.78 is 0. The number of carbonyl (C=O) groups is 2. The molecule has 1 saturated carbocycles. The van der Waals surface area contributed by atoms with Gasteiger partial charge >= 0.3 is 5.97 Å². The van der Waals surface area contributed by atoms with Crippen molar-refractivity contribution in [1.29, 1.82) is 0 Å². The quantitative estimate of drug-likeness (QED) is 0.833. The van der Waals surface area contributed by atoms with E-state index >= 15 is 0 Å². The van der Waals surface area contributed by atoms with Crippen molar-refractivity contribution in [3.05, 3.63) is 11.1 Å². The molecule has 1 fully saturated rings. The van der Waals surface area contributed by atoms with E-state index < -0.39 is 5.97 Å². The van der Waals surface area contributed by atoms with Gasteiger partial charge in [0, 0.05) is 11.3 Å². The first-order chi connectivity index (χ1) is 7.56. The Kier molecular flexibility index (Phi) is 2.91. The maximum absolute atomic E-state index is 11.6. The lowest BCUT2D eigenvalue weighted by Gasteiger charge is -1.98. The Bertz CT molecular complexity index is 429. The first-order valence-electron chi connectivity index (χ1n) is 5.03. The summed E-state index contributed by atoms with van der Waals surface area (Å²) in [5.41, 5.74) is 0.483. The molecule has 16 heavy (non-hydrogen) atoms. The highest BCUT2D eigenvalue weighted by atomic mass is 32.1. The van der Waals surface area contributed by atoms with Gasteiger partial charge in [0.05, 0.1) is 12.1 Å². The second-order valence-corrected chi connectivity index (χ2v) is 4.88. The van der Waals surface area contributed by atoms with Crippen LogP contribution in [-0.4, -0.2) is 22.0 Å². The zero-order chi connectivity index (χ0) is 11.7. The molecule has 0 bridgehead atoms. The van der Waals surface area contributed by atoms with Crippen molar-refractivity contribution in [2.24, 2.45) is 11.8 Å². The number of carboxylic acid groups (broad SMARTS) is 1. The molecule has 1 aromatic heterocycles. The second-order valence-electron chi connectivity index (χ2n) is 4.02. The SMILES string of the molecule is CC1CC1C(=O)Nc1nc(CC(=O)O)cs1. The number of amides is 1. The number of hydrogen-bond acceptors (Lipinski definition) is 4. The molecule has 1 heterocycles. The van der Waals surface area contributed by atoms with Gasteiger partial charge in [0.25, 0.3) is 0 Å². The van der Waals surface area contributed by atoms with Gasteiger partial charge in [-0.15, -0.1) is 11.3 Å². The minimum absolute atomic E-state index is 0.0104. The molecule has 5 nitrogen and oxygen atoms in total. The van der Waals surface area contributed by atoms with Crippen LogP contribution in [0.2, 0.25) is 0 Å². The maximum Gasteiger partial charge on any atom is 0.309 e. The molecule has 0 saturated heterocycles. The fourth-order valence-corrected chi connectivity index (χ4v) is 2.20. The van der Waals surface area contributed by atoms with Gasteiger partial charge in [-0.05, 0) is 12.3 Å². The van der Waals surface area contributed by atoms with Crippen LogP contribution in [0, 0.1) is 11.8 Å². The monoisotopic (exact) mass is 240 g/mol. The lowest BCUT2D eigenvalue weighted by molar-refractivity contribution is -0.136. The third-order valence-electron chi connectivity index (χ3n) is 2.56. The predicted octanol–water partition coefficient (Wildman–Crippen LogP) is 1.36. The van der Waals surface area contributed by atoms with Crippen molar-refractivity contribution < 1.29 is 14.7 Å². The Labute approximate surface area is 96.5 Å². The van der Waals surface area contributed by atoms with E-state index in [2.05, 4.69) is 10.3 Å². The van der Waals surface area contributed by atoms with Crippen LogP contribution in [0.4, 0.5) is 5.13 Å². The van der Waals surface area contributed by atoms with Crippen LogP contribution in [0.15, 0.2) is 5.38 Å². The fraction of sp³-hybridized carbons (Fsp3) is 0.500. The Hall–Kier alpha value is -1.43. The molecule has 1 aliphatic carbocycles. The number of nitrogens with zero attached hydrogens (tertiary/aromatic N) is 1. The molecule has 6 heteroatoms. The summed E-state index contributed by atoms with van der Waals surface area (Å²) in [5, 5.41) is 13.4. The zero-order valence-corrected chi connectivity index (χ0v) is 9.58. The van der Waals surface area contributed by atoms with Gasteiger partial charge in [0.2, 0.25) is 5.91 Å². The molecule has 0 radical (unpaired) electrons. The molecule has 0 aromatic carbocycles. The van der Waals surface area contributed by atoms with Crippen molar-refractivity contribution in [2.75, 3.05) is 5.32 Å². The highest BCUT2D eigenvalue weighted by Gasteiger charge is 2.39. The van der Waals surface area contributed by atoms with Crippen LogP contribution in [0.1, 0.15) is 19.0 Å². The molecular weight excluding hydrogens is 228 g/mol. The molecule has 1 aromatic rings. The molecule has 86 valence electrons. The van der Waals surface area contributed by atoms with Crippen molar-refractivity contribution in [1.82, 2.24) is 4.98 Å². The number of carbonyl (C=O) groups excluding carboxylic acids is 1. The Morgan fingerprint density at radius 3 is 2.94 bits per heavy atom. The van der Waals surface area contributed by atoms with Crippen molar-refractivity contribution in [3.63, 3.8) is 0 Å². The van der Waals surface area contributed by atoms with E-state index in [9.17, 15) is 9.59 Å². The third-order valence-corrected chi connectivity index (χ3v) is 3.37. The molecule has 2 rings (SSSR count). The van der Waals surface area contributed by atoms with Crippen LogP contribution in [0.25, 0.3) is 0 Å². The maximum atomic E-state index is 11.6. The van der Waals surface area contributed by atoms with Crippen molar-refractivity contribution >= 4 is 28.3 Å². The molecule has 2 N–H and O–H groups in total. The largest absolute Gasteiger partial charge is 0.481 e. The van der Waals surface area contributed by atoms with E-state index in [1.807, 2.05) is 6.92 Å². The normalized spacial score (nSPS) is 22.8. The summed E-state index contributed by atoms with van der Waals surface area (Å²) in [6, 6.07) is 0. The van der Waals surface area contributed by atoms with Crippen LogP contribution in [0.5, 0.6) is 0 Å².